The number of aliphatic hydroxyl groups excluding tert-OH is 1. The van der Waals surface area contributed by atoms with Crippen LogP contribution in [0.1, 0.15) is 53.0 Å². The molecule has 0 saturated carbocycles. The summed E-state index contributed by atoms with van der Waals surface area (Å²) in [4.78, 5) is 26.0. The van der Waals surface area contributed by atoms with Crippen molar-refractivity contribution in [1.29, 1.82) is 0 Å². The lowest BCUT2D eigenvalue weighted by molar-refractivity contribution is 0.0903. The Hall–Kier alpha value is -3.01. The highest BCUT2D eigenvalue weighted by molar-refractivity contribution is 6.31. The summed E-state index contributed by atoms with van der Waals surface area (Å²) in [6.07, 6.45) is 6.02. The molecule has 0 bridgehead atoms. The monoisotopic (exact) mass is 470 g/mol. The first kappa shape index (κ1) is 23.2. The molecule has 3 aromatic rings. The fourth-order valence-electron chi connectivity index (χ4n) is 3.81. The lowest BCUT2D eigenvalue weighted by Gasteiger charge is -2.23. The largest absolute Gasteiger partial charge is 0.389 e. The van der Waals surface area contributed by atoms with Gasteiger partial charge in [-0.2, -0.15) is 4.98 Å². The van der Waals surface area contributed by atoms with E-state index in [0.29, 0.717) is 22.4 Å². The molecule has 4 rings (SSSR count). The minimum atomic E-state index is -0.741. The van der Waals surface area contributed by atoms with Gasteiger partial charge in [-0.3, -0.25) is 9.36 Å². The van der Waals surface area contributed by atoms with E-state index in [1.165, 1.54) is 0 Å². The van der Waals surface area contributed by atoms with Gasteiger partial charge in [0, 0.05) is 54.3 Å². The van der Waals surface area contributed by atoms with Crippen LogP contribution in [-0.2, 0) is 11.3 Å². The van der Waals surface area contributed by atoms with Crippen molar-refractivity contribution in [2.24, 2.45) is 0 Å². The third-order valence-corrected chi connectivity index (χ3v) is 5.89. The Balaban J connectivity index is 1.46. The summed E-state index contributed by atoms with van der Waals surface area (Å²) in [6.45, 7) is 5.22. The zero-order chi connectivity index (χ0) is 23.4. The number of ether oxygens (including phenoxy) is 1. The molecule has 0 radical (unpaired) electrons. The molecule has 2 aromatic heterocycles. The molecule has 1 atom stereocenters. The Bertz CT molecular complexity index is 1130. The van der Waals surface area contributed by atoms with Gasteiger partial charge in [-0.25, -0.2) is 9.97 Å². The molecule has 1 saturated heterocycles. The van der Waals surface area contributed by atoms with Crippen molar-refractivity contribution in [2.45, 2.75) is 45.4 Å². The maximum absolute atomic E-state index is 12.7. The predicted octanol–water partition coefficient (Wildman–Crippen LogP) is 3.20. The summed E-state index contributed by atoms with van der Waals surface area (Å²) >= 11 is 6.21. The molecule has 33 heavy (non-hydrogen) atoms. The molecule has 9 nitrogen and oxygen atoms in total. The zero-order valence-electron chi connectivity index (χ0n) is 18.6. The zero-order valence-corrected chi connectivity index (χ0v) is 19.3. The number of benzene rings is 1. The van der Waals surface area contributed by atoms with Gasteiger partial charge < -0.3 is 20.5 Å². The molecule has 0 aliphatic carbocycles. The van der Waals surface area contributed by atoms with Gasteiger partial charge in [-0.05, 0) is 38.3 Å². The number of anilines is 1. The van der Waals surface area contributed by atoms with Crippen molar-refractivity contribution in [3.63, 3.8) is 0 Å². The number of imidazole rings is 1. The number of nitrogens with one attached hydrogen (secondary N) is 2. The van der Waals surface area contributed by atoms with Crippen LogP contribution < -0.4 is 10.6 Å². The third-order valence-electron chi connectivity index (χ3n) is 5.56. The number of aromatic nitrogens is 4. The number of halogens is 1. The van der Waals surface area contributed by atoms with Crippen LogP contribution in [0.5, 0.6) is 0 Å². The smallest absolute Gasteiger partial charge is 0.271 e. The number of nitrogens with zero attached hydrogens (tertiary/aromatic N) is 4. The van der Waals surface area contributed by atoms with E-state index < -0.39 is 6.10 Å². The standard InChI is InChI=1S/C23H27ClN6O3/c1-14-10-26-23(28-17-6-8-33-9-7-17)29-21(14)30-12-19(27-13-30)22(32)25-11-16-4-3-5-18(24)20(16)15(2)31/h3-5,10,12-13,15,17,31H,6-9,11H2,1-2H3,(H,25,32)(H,26,28,29). The Kier molecular flexibility index (Phi) is 7.22. The van der Waals surface area contributed by atoms with E-state index in [1.807, 2.05) is 13.0 Å². The number of carbonyl (C=O) groups is 1. The van der Waals surface area contributed by atoms with Gasteiger partial charge in [0.25, 0.3) is 5.91 Å². The van der Waals surface area contributed by atoms with E-state index in [2.05, 4.69) is 25.6 Å². The highest BCUT2D eigenvalue weighted by Crippen LogP contribution is 2.26. The van der Waals surface area contributed by atoms with Crippen LogP contribution in [0.2, 0.25) is 5.02 Å². The van der Waals surface area contributed by atoms with Crippen LogP contribution >= 0.6 is 11.6 Å². The van der Waals surface area contributed by atoms with Crippen LogP contribution in [0.3, 0.4) is 0 Å². The van der Waals surface area contributed by atoms with Crippen molar-refractivity contribution in [3.8, 4) is 5.82 Å². The van der Waals surface area contributed by atoms with Gasteiger partial charge in [-0.15, -0.1) is 0 Å². The van der Waals surface area contributed by atoms with Crippen LogP contribution in [-0.4, -0.2) is 49.8 Å². The predicted molar refractivity (Wildman–Crippen MR) is 125 cm³/mol. The van der Waals surface area contributed by atoms with Crippen molar-refractivity contribution in [2.75, 3.05) is 18.5 Å². The summed E-state index contributed by atoms with van der Waals surface area (Å²) in [5.41, 5.74) is 2.47. The number of rotatable bonds is 7. The van der Waals surface area contributed by atoms with Gasteiger partial charge in [0.1, 0.15) is 17.8 Å². The average Bonchev–Trinajstić information content (AvgIpc) is 3.29. The second kappa shape index (κ2) is 10.3. The van der Waals surface area contributed by atoms with Crippen LogP contribution in [0, 0.1) is 6.92 Å². The highest BCUT2D eigenvalue weighted by Gasteiger charge is 2.17. The quantitative estimate of drug-likeness (QED) is 0.485. The topological polar surface area (TPSA) is 114 Å². The number of aryl methyl sites for hydroxylation is 1. The van der Waals surface area contributed by atoms with Gasteiger partial charge in [-0.1, -0.05) is 23.7 Å². The van der Waals surface area contributed by atoms with E-state index in [0.717, 1.165) is 37.2 Å². The molecule has 1 fully saturated rings. The lowest BCUT2D eigenvalue weighted by atomic mass is 10.0. The van der Waals surface area contributed by atoms with Gasteiger partial charge in [0.2, 0.25) is 5.95 Å². The first-order valence-corrected chi connectivity index (χ1v) is 11.3. The van der Waals surface area contributed by atoms with Crippen LogP contribution in [0.25, 0.3) is 5.82 Å². The van der Waals surface area contributed by atoms with E-state index in [1.54, 1.807) is 42.3 Å². The third kappa shape index (κ3) is 5.50. The van der Waals surface area contributed by atoms with E-state index in [9.17, 15) is 9.90 Å². The van der Waals surface area contributed by atoms with Crippen molar-refractivity contribution < 1.29 is 14.6 Å². The summed E-state index contributed by atoms with van der Waals surface area (Å²) in [7, 11) is 0. The summed E-state index contributed by atoms with van der Waals surface area (Å²) in [5.74, 6) is 0.851. The molecule has 1 aliphatic rings. The second-order valence-corrected chi connectivity index (χ2v) is 8.48. The Morgan fingerprint density at radius 3 is 2.88 bits per heavy atom. The molecular weight excluding hydrogens is 444 g/mol. The summed E-state index contributed by atoms with van der Waals surface area (Å²) in [5, 5.41) is 16.7. The first-order valence-electron chi connectivity index (χ1n) is 10.9. The maximum Gasteiger partial charge on any atom is 0.271 e. The minimum absolute atomic E-state index is 0.220. The summed E-state index contributed by atoms with van der Waals surface area (Å²) < 4.78 is 7.11. The summed E-state index contributed by atoms with van der Waals surface area (Å²) in [6, 6.07) is 5.60. The fraction of sp³-hybridized carbons (Fsp3) is 0.391. The molecular formula is C23H27ClN6O3. The molecule has 3 N–H and O–H groups in total. The van der Waals surface area contributed by atoms with Crippen molar-refractivity contribution in [1.82, 2.24) is 24.8 Å². The van der Waals surface area contributed by atoms with Crippen LogP contribution in [0.4, 0.5) is 5.95 Å². The number of amides is 1. The lowest BCUT2D eigenvalue weighted by Crippen LogP contribution is -2.28. The molecule has 1 aliphatic heterocycles. The Morgan fingerprint density at radius 2 is 2.12 bits per heavy atom. The van der Waals surface area contributed by atoms with Crippen LogP contribution in [0.15, 0.2) is 36.9 Å². The van der Waals surface area contributed by atoms with Gasteiger partial charge >= 0.3 is 0 Å². The molecule has 1 aromatic carbocycles. The van der Waals surface area contributed by atoms with Gasteiger partial charge in [0.15, 0.2) is 0 Å². The Morgan fingerprint density at radius 1 is 1.33 bits per heavy atom. The molecule has 10 heteroatoms. The number of carbonyl (C=O) groups excluding carboxylic acids is 1. The van der Waals surface area contributed by atoms with E-state index in [4.69, 9.17) is 16.3 Å². The molecule has 1 amide bonds. The normalized spacial score (nSPS) is 15.3. The number of hydrogen-bond acceptors (Lipinski definition) is 7. The van der Waals surface area contributed by atoms with E-state index >= 15 is 0 Å². The van der Waals surface area contributed by atoms with Gasteiger partial charge in [0.05, 0.1) is 6.10 Å². The van der Waals surface area contributed by atoms with Crippen molar-refractivity contribution >= 4 is 23.5 Å². The molecule has 3 heterocycles. The minimum Gasteiger partial charge on any atom is -0.389 e. The first-order chi connectivity index (χ1) is 15.9. The SMILES string of the molecule is Cc1cnc(NC2CCOCC2)nc1-n1cnc(C(=O)NCc2cccc(Cl)c2C(C)O)c1. The molecule has 0 spiro atoms. The highest BCUT2D eigenvalue weighted by atomic mass is 35.5. The average molecular weight is 471 g/mol. The Labute approximate surface area is 197 Å². The number of aliphatic hydroxyl groups is 1. The van der Waals surface area contributed by atoms with Crippen molar-refractivity contribution in [3.05, 3.63) is 64.3 Å². The molecule has 1 unspecified atom stereocenters. The maximum atomic E-state index is 12.7. The molecule has 174 valence electrons. The fourth-order valence-corrected chi connectivity index (χ4v) is 4.17. The number of hydrogen-bond donors (Lipinski definition) is 3. The van der Waals surface area contributed by atoms with E-state index in [-0.39, 0.29) is 24.2 Å². The second-order valence-electron chi connectivity index (χ2n) is 8.07.